The summed E-state index contributed by atoms with van der Waals surface area (Å²) in [5, 5.41) is 3.25. The zero-order valence-corrected chi connectivity index (χ0v) is 9.23. The fourth-order valence-corrected chi connectivity index (χ4v) is 1.20. The van der Waals surface area contributed by atoms with E-state index in [0.29, 0.717) is 18.2 Å². The topological polar surface area (TPSA) is 29.1 Å². The second-order valence-electron chi connectivity index (χ2n) is 3.85. The number of carbonyl (C=O) groups excluding carboxylic acids is 1. The van der Waals surface area contributed by atoms with Crippen molar-refractivity contribution in [3.05, 3.63) is 0 Å². The summed E-state index contributed by atoms with van der Waals surface area (Å²) in [5.74, 6) is 0.404. The van der Waals surface area contributed by atoms with Crippen molar-refractivity contribution in [2.75, 3.05) is 6.54 Å². The standard InChI is InChI=1S/C11H23NO/c1-4-5-6-7-11(13)8-9-12-10(2)3/h10,12H,4-9H2,1-3H3. The third kappa shape index (κ3) is 9.54. The molecule has 0 aliphatic rings. The van der Waals surface area contributed by atoms with Gasteiger partial charge in [0.05, 0.1) is 0 Å². The lowest BCUT2D eigenvalue weighted by Gasteiger charge is -2.06. The largest absolute Gasteiger partial charge is 0.314 e. The summed E-state index contributed by atoms with van der Waals surface area (Å²) >= 11 is 0. The second-order valence-corrected chi connectivity index (χ2v) is 3.85. The molecule has 0 unspecified atom stereocenters. The molecule has 0 saturated carbocycles. The van der Waals surface area contributed by atoms with E-state index in [2.05, 4.69) is 26.1 Å². The normalized spacial score (nSPS) is 10.8. The van der Waals surface area contributed by atoms with Gasteiger partial charge in [-0.3, -0.25) is 4.79 Å². The fourth-order valence-electron chi connectivity index (χ4n) is 1.20. The van der Waals surface area contributed by atoms with Crippen molar-refractivity contribution < 1.29 is 4.79 Å². The van der Waals surface area contributed by atoms with Gasteiger partial charge in [-0.25, -0.2) is 0 Å². The molecule has 0 fully saturated rings. The van der Waals surface area contributed by atoms with Gasteiger partial charge in [0, 0.05) is 25.4 Å². The van der Waals surface area contributed by atoms with E-state index >= 15 is 0 Å². The predicted octanol–water partition coefficient (Wildman–Crippen LogP) is 2.52. The molecule has 2 heteroatoms. The summed E-state index contributed by atoms with van der Waals surface area (Å²) in [6, 6.07) is 0.489. The summed E-state index contributed by atoms with van der Waals surface area (Å²) < 4.78 is 0. The lowest BCUT2D eigenvalue weighted by atomic mass is 10.1. The smallest absolute Gasteiger partial charge is 0.134 e. The van der Waals surface area contributed by atoms with Crippen LogP contribution in [0.4, 0.5) is 0 Å². The van der Waals surface area contributed by atoms with Crippen molar-refractivity contribution in [1.29, 1.82) is 0 Å². The molecule has 0 spiro atoms. The highest BCUT2D eigenvalue weighted by molar-refractivity contribution is 5.78. The minimum absolute atomic E-state index is 0.404. The highest BCUT2D eigenvalue weighted by Crippen LogP contribution is 2.01. The van der Waals surface area contributed by atoms with Crippen LogP contribution in [-0.2, 0) is 4.79 Å². The van der Waals surface area contributed by atoms with Gasteiger partial charge >= 0.3 is 0 Å². The van der Waals surface area contributed by atoms with Gasteiger partial charge in [0.15, 0.2) is 0 Å². The first-order valence-corrected chi connectivity index (χ1v) is 5.42. The van der Waals surface area contributed by atoms with Crippen molar-refractivity contribution in [3.63, 3.8) is 0 Å². The van der Waals surface area contributed by atoms with Gasteiger partial charge in [0.1, 0.15) is 5.78 Å². The van der Waals surface area contributed by atoms with Crippen LogP contribution in [0.3, 0.4) is 0 Å². The molecule has 2 nitrogen and oxygen atoms in total. The molecule has 13 heavy (non-hydrogen) atoms. The average Bonchev–Trinajstić information content (AvgIpc) is 2.04. The number of ketones is 1. The maximum absolute atomic E-state index is 11.3. The molecule has 1 N–H and O–H groups in total. The molecular formula is C11H23NO. The maximum atomic E-state index is 11.3. The van der Waals surface area contributed by atoms with E-state index in [4.69, 9.17) is 0 Å². The van der Waals surface area contributed by atoms with Crippen LogP contribution in [0.25, 0.3) is 0 Å². The number of unbranched alkanes of at least 4 members (excludes halogenated alkanes) is 2. The fraction of sp³-hybridized carbons (Fsp3) is 0.909. The Morgan fingerprint density at radius 3 is 2.46 bits per heavy atom. The van der Waals surface area contributed by atoms with Crippen LogP contribution in [-0.4, -0.2) is 18.4 Å². The van der Waals surface area contributed by atoms with Crippen molar-refractivity contribution in [2.45, 2.75) is 58.9 Å². The molecule has 0 radical (unpaired) electrons. The Balaban J connectivity index is 3.20. The van der Waals surface area contributed by atoms with E-state index in [0.717, 1.165) is 19.4 Å². The second kappa shape index (κ2) is 8.24. The summed E-state index contributed by atoms with van der Waals surface area (Å²) in [5.41, 5.74) is 0. The third-order valence-corrected chi connectivity index (χ3v) is 2.02. The molecular weight excluding hydrogens is 162 g/mol. The molecule has 0 heterocycles. The Hall–Kier alpha value is -0.370. The van der Waals surface area contributed by atoms with Crippen molar-refractivity contribution >= 4 is 5.78 Å². The zero-order chi connectivity index (χ0) is 10.1. The molecule has 0 rings (SSSR count). The molecule has 78 valence electrons. The van der Waals surface area contributed by atoms with Gasteiger partial charge < -0.3 is 5.32 Å². The minimum Gasteiger partial charge on any atom is -0.314 e. The van der Waals surface area contributed by atoms with Gasteiger partial charge in [0.25, 0.3) is 0 Å². The van der Waals surface area contributed by atoms with Crippen LogP contribution in [0.15, 0.2) is 0 Å². The Kier molecular flexibility index (Phi) is 8.00. The summed E-state index contributed by atoms with van der Waals surface area (Å²) in [6.45, 7) is 7.19. The highest BCUT2D eigenvalue weighted by Gasteiger charge is 2.01. The van der Waals surface area contributed by atoms with Gasteiger partial charge in [-0.2, -0.15) is 0 Å². The summed E-state index contributed by atoms with van der Waals surface area (Å²) in [6.07, 6.45) is 4.91. The molecule has 0 aromatic rings. The zero-order valence-electron chi connectivity index (χ0n) is 9.23. The minimum atomic E-state index is 0.404. The van der Waals surface area contributed by atoms with E-state index in [1.54, 1.807) is 0 Å². The van der Waals surface area contributed by atoms with E-state index in [9.17, 15) is 4.79 Å². The number of hydrogen-bond acceptors (Lipinski definition) is 2. The lowest BCUT2D eigenvalue weighted by molar-refractivity contribution is -0.119. The Morgan fingerprint density at radius 2 is 1.92 bits per heavy atom. The number of Topliss-reactive ketones (excluding diaryl/α,β-unsaturated/α-hetero) is 1. The molecule has 0 amide bonds. The molecule has 0 bridgehead atoms. The van der Waals surface area contributed by atoms with E-state index in [1.165, 1.54) is 12.8 Å². The first-order chi connectivity index (χ1) is 6.16. The van der Waals surface area contributed by atoms with Gasteiger partial charge in [-0.1, -0.05) is 33.6 Å². The Morgan fingerprint density at radius 1 is 1.23 bits per heavy atom. The Bertz CT molecular complexity index is 132. The number of hydrogen-bond donors (Lipinski definition) is 1. The average molecular weight is 185 g/mol. The molecule has 0 atom stereocenters. The van der Waals surface area contributed by atoms with Crippen LogP contribution in [0.1, 0.15) is 52.9 Å². The number of carbonyl (C=O) groups is 1. The monoisotopic (exact) mass is 185 g/mol. The number of rotatable bonds is 8. The molecule has 0 aliphatic heterocycles. The van der Waals surface area contributed by atoms with Gasteiger partial charge in [-0.05, 0) is 6.42 Å². The quantitative estimate of drug-likeness (QED) is 0.589. The first-order valence-electron chi connectivity index (χ1n) is 5.42. The van der Waals surface area contributed by atoms with Crippen LogP contribution < -0.4 is 5.32 Å². The highest BCUT2D eigenvalue weighted by atomic mass is 16.1. The first kappa shape index (κ1) is 12.6. The third-order valence-electron chi connectivity index (χ3n) is 2.02. The number of nitrogens with one attached hydrogen (secondary N) is 1. The SMILES string of the molecule is CCCCCC(=O)CCNC(C)C. The Labute approximate surface area is 82.1 Å². The van der Waals surface area contributed by atoms with Gasteiger partial charge in [-0.15, -0.1) is 0 Å². The van der Waals surface area contributed by atoms with Crippen molar-refractivity contribution in [1.82, 2.24) is 5.32 Å². The molecule has 0 aromatic heterocycles. The summed E-state index contributed by atoms with van der Waals surface area (Å²) in [7, 11) is 0. The van der Waals surface area contributed by atoms with E-state index in [1.807, 2.05) is 0 Å². The lowest BCUT2D eigenvalue weighted by Crippen LogP contribution is -2.25. The maximum Gasteiger partial charge on any atom is 0.134 e. The predicted molar refractivity (Wildman–Crippen MR) is 56.9 cm³/mol. The van der Waals surface area contributed by atoms with E-state index < -0.39 is 0 Å². The van der Waals surface area contributed by atoms with Crippen LogP contribution >= 0.6 is 0 Å². The van der Waals surface area contributed by atoms with E-state index in [-0.39, 0.29) is 0 Å². The molecule has 0 aliphatic carbocycles. The van der Waals surface area contributed by atoms with Crippen LogP contribution in [0.5, 0.6) is 0 Å². The van der Waals surface area contributed by atoms with Crippen LogP contribution in [0, 0.1) is 0 Å². The molecule has 0 aromatic carbocycles. The summed E-state index contributed by atoms with van der Waals surface area (Å²) in [4.78, 5) is 11.3. The molecule has 0 saturated heterocycles. The van der Waals surface area contributed by atoms with Gasteiger partial charge in [0.2, 0.25) is 0 Å². The van der Waals surface area contributed by atoms with Crippen LogP contribution in [0.2, 0.25) is 0 Å². The van der Waals surface area contributed by atoms with Crippen molar-refractivity contribution in [3.8, 4) is 0 Å². The van der Waals surface area contributed by atoms with Crippen molar-refractivity contribution in [2.24, 2.45) is 0 Å².